The van der Waals surface area contributed by atoms with Crippen LogP contribution in [0.2, 0.25) is 0 Å². The monoisotopic (exact) mass is 268 g/mol. The van der Waals surface area contributed by atoms with E-state index in [1.165, 1.54) is 32.1 Å². The van der Waals surface area contributed by atoms with Crippen molar-refractivity contribution in [3.05, 3.63) is 0 Å². The first kappa shape index (κ1) is 15.3. The topological polar surface area (TPSA) is 38.5 Å². The molecule has 0 radical (unpaired) electrons. The van der Waals surface area contributed by atoms with Crippen molar-refractivity contribution in [1.29, 1.82) is 0 Å². The molecule has 2 aliphatic rings. The SMILES string of the molecule is CC1CCC(C)C(CN)(N(C)CC2CCCOC2)C1. The zero-order chi connectivity index (χ0) is 13.9. The molecular formula is C16H32N2O. The minimum absolute atomic E-state index is 0.217. The second-order valence-corrected chi connectivity index (χ2v) is 7.06. The van der Waals surface area contributed by atoms with Gasteiger partial charge in [-0.25, -0.2) is 0 Å². The van der Waals surface area contributed by atoms with Crippen LogP contribution in [0.25, 0.3) is 0 Å². The third-order valence-electron chi connectivity index (χ3n) is 5.61. The highest BCUT2D eigenvalue weighted by Crippen LogP contribution is 2.40. The van der Waals surface area contributed by atoms with Gasteiger partial charge in [0.1, 0.15) is 0 Å². The van der Waals surface area contributed by atoms with Gasteiger partial charge in [-0.3, -0.25) is 4.90 Å². The van der Waals surface area contributed by atoms with Crippen molar-refractivity contribution in [2.24, 2.45) is 23.5 Å². The fourth-order valence-electron chi connectivity index (χ4n) is 4.20. The number of nitrogens with zero attached hydrogens (tertiary/aromatic N) is 1. The Labute approximate surface area is 118 Å². The molecule has 2 fully saturated rings. The second kappa shape index (κ2) is 6.55. The van der Waals surface area contributed by atoms with Gasteiger partial charge in [-0.1, -0.05) is 20.3 Å². The lowest BCUT2D eigenvalue weighted by Crippen LogP contribution is -2.60. The van der Waals surface area contributed by atoms with Crippen molar-refractivity contribution in [2.75, 3.05) is 33.4 Å². The normalized spacial score (nSPS) is 40.6. The van der Waals surface area contributed by atoms with E-state index in [-0.39, 0.29) is 5.54 Å². The standard InChI is InChI=1S/C16H32N2O/c1-13-6-7-14(2)16(9-13,12-17)18(3)10-15-5-4-8-19-11-15/h13-15H,4-12,17H2,1-3H3. The molecule has 0 spiro atoms. The van der Waals surface area contributed by atoms with Crippen LogP contribution < -0.4 is 5.73 Å². The summed E-state index contributed by atoms with van der Waals surface area (Å²) in [6.07, 6.45) is 6.48. The number of ether oxygens (including phenoxy) is 1. The van der Waals surface area contributed by atoms with Crippen LogP contribution >= 0.6 is 0 Å². The maximum Gasteiger partial charge on any atom is 0.0506 e. The highest BCUT2D eigenvalue weighted by atomic mass is 16.5. The summed E-state index contributed by atoms with van der Waals surface area (Å²) in [4.78, 5) is 2.58. The predicted octanol–water partition coefficient (Wildman–Crippen LogP) is 2.50. The third kappa shape index (κ3) is 3.32. The molecule has 2 N–H and O–H groups in total. The lowest BCUT2D eigenvalue weighted by Gasteiger charge is -2.51. The molecule has 1 saturated heterocycles. The number of nitrogens with two attached hydrogens (primary N) is 1. The Kier molecular flexibility index (Phi) is 5.27. The second-order valence-electron chi connectivity index (χ2n) is 7.06. The van der Waals surface area contributed by atoms with Gasteiger partial charge in [-0.2, -0.15) is 0 Å². The first-order chi connectivity index (χ1) is 9.08. The van der Waals surface area contributed by atoms with Crippen LogP contribution in [0, 0.1) is 17.8 Å². The molecule has 0 aromatic rings. The van der Waals surface area contributed by atoms with Crippen molar-refractivity contribution < 1.29 is 4.74 Å². The van der Waals surface area contributed by atoms with E-state index in [4.69, 9.17) is 10.5 Å². The molecule has 1 saturated carbocycles. The average molecular weight is 268 g/mol. The van der Waals surface area contributed by atoms with E-state index in [0.717, 1.165) is 32.2 Å². The summed E-state index contributed by atoms with van der Waals surface area (Å²) in [6, 6.07) is 0. The molecule has 4 atom stereocenters. The Hall–Kier alpha value is -0.120. The Morgan fingerprint density at radius 1 is 1.26 bits per heavy atom. The summed E-state index contributed by atoms with van der Waals surface area (Å²) in [5.41, 5.74) is 6.44. The van der Waals surface area contributed by atoms with E-state index in [1.807, 2.05) is 0 Å². The zero-order valence-corrected chi connectivity index (χ0v) is 13.0. The molecule has 2 rings (SSSR count). The Morgan fingerprint density at radius 3 is 2.68 bits per heavy atom. The summed E-state index contributed by atoms with van der Waals surface area (Å²) in [5, 5.41) is 0. The molecule has 3 heteroatoms. The van der Waals surface area contributed by atoms with Crippen LogP contribution in [0.3, 0.4) is 0 Å². The van der Waals surface area contributed by atoms with Gasteiger partial charge in [0, 0.05) is 25.2 Å². The van der Waals surface area contributed by atoms with Crippen molar-refractivity contribution in [2.45, 2.75) is 51.5 Å². The van der Waals surface area contributed by atoms with E-state index in [0.29, 0.717) is 11.8 Å². The number of rotatable bonds is 4. The Morgan fingerprint density at radius 2 is 2.05 bits per heavy atom. The third-order valence-corrected chi connectivity index (χ3v) is 5.61. The van der Waals surface area contributed by atoms with E-state index < -0.39 is 0 Å². The summed E-state index contributed by atoms with van der Waals surface area (Å²) >= 11 is 0. The van der Waals surface area contributed by atoms with Gasteiger partial charge in [-0.05, 0) is 50.5 Å². The van der Waals surface area contributed by atoms with Crippen molar-refractivity contribution in [1.82, 2.24) is 4.90 Å². The van der Waals surface area contributed by atoms with Crippen molar-refractivity contribution >= 4 is 0 Å². The molecule has 1 aliphatic carbocycles. The van der Waals surface area contributed by atoms with Crippen LogP contribution in [0.5, 0.6) is 0 Å². The first-order valence-corrected chi connectivity index (χ1v) is 8.07. The largest absolute Gasteiger partial charge is 0.381 e. The van der Waals surface area contributed by atoms with Crippen molar-refractivity contribution in [3.63, 3.8) is 0 Å². The molecule has 112 valence electrons. The van der Waals surface area contributed by atoms with Crippen LogP contribution in [0.4, 0.5) is 0 Å². The number of likely N-dealkylation sites (N-methyl/N-ethyl adjacent to an activating group) is 1. The van der Waals surface area contributed by atoms with Crippen molar-refractivity contribution in [3.8, 4) is 0 Å². The molecule has 0 amide bonds. The van der Waals surface area contributed by atoms with E-state index in [2.05, 4.69) is 25.8 Å². The van der Waals surface area contributed by atoms with E-state index >= 15 is 0 Å². The molecular weight excluding hydrogens is 236 g/mol. The molecule has 0 aromatic heterocycles. The lowest BCUT2D eigenvalue weighted by molar-refractivity contribution is -0.0201. The maximum absolute atomic E-state index is 6.22. The molecule has 3 nitrogen and oxygen atoms in total. The quantitative estimate of drug-likeness (QED) is 0.851. The minimum Gasteiger partial charge on any atom is -0.381 e. The van der Waals surface area contributed by atoms with Gasteiger partial charge < -0.3 is 10.5 Å². The summed E-state index contributed by atoms with van der Waals surface area (Å²) < 4.78 is 5.63. The van der Waals surface area contributed by atoms with Gasteiger partial charge in [-0.15, -0.1) is 0 Å². The molecule has 0 bridgehead atoms. The van der Waals surface area contributed by atoms with Crippen LogP contribution in [-0.4, -0.2) is 43.8 Å². The zero-order valence-electron chi connectivity index (χ0n) is 13.0. The predicted molar refractivity (Wildman–Crippen MR) is 80.1 cm³/mol. The molecule has 1 heterocycles. The van der Waals surface area contributed by atoms with E-state index in [1.54, 1.807) is 0 Å². The molecule has 4 unspecified atom stereocenters. The van der Waals surface area contributed by atoms with Gasteiger partial charge in [0.05, 0.1) is 6.61 Å². The average Bonchev–Trinajstić information content (AvgIpc) is 2.42. The fraction of sp³-hybridized carbons (Fsp3) is 1.00. The molecule has 19 heavy (non-hydrogen) atoms. The fourth-order valence-corrected chi connectivity index (χ4v) is 4.20. The Balaban J connectivity index is 2.01. The molecule has 1 aliphatic heterocycles. The van der Waals surface area contributed by atoms with E-state index in [9.17, 15) is 0 Å². The van der Waals surface area contributed by atoms with Crippen LogP contribution in [-0.2, 0) is 4.74 Å². The van der Waals surface area contributed by atoms with Gasteiger partial charge in [0.15, 0.2) is 0 Å². The van der Waals surface area contributed by atoms with Crippen LogP contribution in [0.15, 0.2) is 0 Å². The summed E-state index contributed by atoms with van der Waals surface area (Å²) in [5.74, 6) is 2.22. The minimum atomic E-state index is 0.217. The maximum atomic E-state index is 6.22. The highest BCUT2D eigenvalue weighted by Gasteiger charge is 2.43. The first-order valence-electron chi connectivity index (χ1n) is 8.07. The van der Waals surface area contributed by atoms with Gasteiger partial charge in [0.25, 0.3) is 0 Å². The lowest BCUT2D eigenvalue weighted by atomic mass is 9.68. The van der Waals surface area contributed by atoms with Gasteiger partial charge >= 0.3 is 0 Å². The summed E-state index contributed by atoms with van der Waals surface area (Å²) in [6.45, 7) is 8.61. The Bertz CT molecular complexity index is 278. The van der Waals surface area contributed by atoms with Crippen LogP contribution in [0.1, 0.15) is 46.0 Å². The number of hydrogen-bond acceptors (Lipinski definition) is 3. The molecule has 0 aromatic carbocycles. The number of hydrogen-bond donors (Lipinski definition) is 1. The van der Waals surface area contributed by atoms with Gasteiger partial charge in [0.2, 0.25) is 0 Å². The highest BCUT2D eigenvalue weighted by molar-refractivity contribution is 4.99. The smallest absolute Gasteiger partial charge is 0.0506 e. The summed E-state index contributed by atoms with van der Waals surface area (Å²) in [7, 11) is 2.29.